The van der Waals surface area contributed by atoms with E-state index in [0.717, 1.165) is 6.42 Å². The third-order valence-electron chi connectivity index (χ3n) is 6.88. The summed E-state index contributed by atoms with van der Waals surface area (Å²) in [5, 5.41) is 0. The Bertz CT molecular complexity index is 596. The zero-order chi connectivity index (χ0) is 29.1. The number of quaternary nitrogens is 1. The summed E-state index contributed by atoms with van der Waals surface area (Å²) in [6.45, 7) is 4.01. The Morgan fingerprint density at radius 3 is 1.67 bits per heavy atom. The highest BCUT2D eigenvalue weighted by atomic mass is 31.2. The number of phosphoric acid groups is 1. The molecule has 0 aromatic carbocycles. The van der Waals surface area contributed by atoms with Crippen LogP contribution in [0, 0.1) is 0 Å². The van der Waals surface area contributed by atoms with E-state index in [1.165, 1.54) is 109 Å². The predicted octanol–water partition coefficient (Wildman–Crippen LogP) is 8.46. The average molecular weight is 579 g/mol. The van der Waals surface area contributed by atoms with Gasteiger partial charge in [0.15, 0.2) is 0 Å². The number of allylic oxidation sites excluding steroid dienone is 2. The van der Waals surface area contributed by atoms with Gasteiger partial charge in [0.25, 0.3) is 0 Å². The van der Waals surface area contributed by atoms with Crippen molar-refractivity contribution in [3.63, 3.8) is 0 Å². The van der Waals surface area contributed by atoms with Crippen LogP contribution in [0.15, 0.2) is 12.2 Å². The maximum absolute atomic E-state index is 12.0. The first kappa shape index (κ1) is 38.7. The van der Waals surface area contributed by atoms with Crippen LogP contribution in [-0.4, -0.2) is 76.7 Å². The molecule has 0 radical (unpaired) electrons. The fourth-order valence-electron chi connectivity index (χ4n) is 4.20. The van der Waals surface area contributed by atoms with Crippen LogP contribution in [-0.2, 0) is 23.1 Å². The predicted molar refractivity (Wildman–Crippen MR) is 164 cm³/mol. The molecule has 0 heterocycles. The summed E-state index contributed by atoms with van der Waals surface area (Å²) >= 11 is 0. The van der Waals surface area contributed by atoms with Crippen molar-refractivity contribution in [2.24, 2.45) is 0 Å². The summed E-state index contributed by atoms with van der Waals surface area (Å²) in [7, 11) is 3.44. The van der Waals surface area contributed by atoms with Crippen LogP contribution >= 0.6 is 7.82 Å². The lowest BCUT2D eigenvalue weighted by Crippen LogP contribution is -2.37. The lowest BCUT2D eigenvalue weighted by Gasteiger charge is -2.24. The number of likely N-dealkylation sites (N-methyl/N-ethyl adjacent to an activating group) is 1. The number of nitrogens with zero attached hydrogens (tertiary/aromatic N) is 1. The second kappa shape index (κ2) is 26.6. The first-order valence-corrected chi connectivity index (χ1v) is 17.4. The summed E-state index contributed by atoms with van der Waals surface area (Å²) in [6.07, 6.45) is 28.1. The molecular weight excluding hydrogens is 513 g/mol. The van der Waals surface area contributed by atoms with Crippen LogP contribution in [0.1, 0.15) is 122 Å². The van der Waals surface area contributed by atoms with Crippen LogP contribution in [0.25, 0.3) is 0 Å². The zero-order valence-electron chi connectivity index (χ0n) is 26.4. The van der Waals surface area contributed by atoms with Crippen molar-refractivity contribution in [1.29, 1.82) is 0 Å². The summed E-state index contributed by atoms with van der Waals surface area (Å²) in [6, 6.07) is 0. The molecule has 0 saturated heterocycles. The molecule has 39 heavy (non-hydrogen) atoms. The molecule has 0 spiro atoms. The molecular formula is C31H65NO6P+. The summed E-state index contributed by atoms with van der Waals surface area (Å²) in [4.78, 5) is 9.81. The largest absolute Gasteiger partial charge is 0.472 e. The topological polar surface area (TPSA) is 74.2 Å². The van der Waals surface area contributed by atoms with Gasteiger partial charge in [-0.3, -0.25) is 9.05 Å². The molecule has 234 valence electrons. The standard InChI is InChI=1S/C31H64NO6P/c1-6-7-8-9-10-11-12-13-14-15-16-17-18-19-20-21-22-23-24-25-27-36-29-31(35-5)30-38-39(33,34)37-28-26-32(2,3)4/h14-15,31H,6-13,16-30H2,1-5H3/p+1/t31-/m1/s1. The van der Waals surface area contributed by atoms with Crippen LogP contribution in [0.4, 0.5) is 0 Å². The average Bonchev–Trinajstić information content (AvgIpc) is 2.88. The molecule has 1 N–H and O–H groups in total. The van der Waals surface area contributed by atoms with Crippen molar-refractivity contribution in [2.75, 3.05) is 61.2 Å². The van der Waals surface area contributed by atoms with E-state index in [-0.39, 0.29) is 13.2 Å². The highest BCUT2D eigenvalue weighted by Crippen LogP contribution is 2.43. The van der Waals surface area contributed by atoms with Gasteiger partial charge in [-0.1, -0.05) is 103 Å². The highest BCUT2D eigenvalue weighted by molar-refractivity contribution is 7.47. The third-order valence-corrected chi connectivity index (χ3v) is 7.86. The number of hydrogen-bond donors (Lipinski definition) is 1. The molecule has 0 rings (SSSR count). The Morgan fingerprint density at radius 2 is 1.18 bits per heavy atom. The normalized spacial score (nSPS) is 14.7. The van der Waals surface area contributed by atoms with E-state index in [9.17, 15) is 9.46 Å². The minimum Gasteiger partial charge on any atom is -0.379 e. The van der Waals surface area contributed by atoms with Crippen LogP contribution < -0.4 is 0 Å². The molecule has 0 aliphatic heterocycles. The number of hydrogen-bond acceptors (Lipinski definition) is 5. The number of phosphoric ester groups is 1. The second-order valence-corrected chi connectivity index (χ2v) is 13.3. The van der Waals surface area contributed by atoms with E-state index in [1.807, 2.05) is 21.1 Å². The van der Waals surface area contributed by atoms with Crippen LogP contribution in [0.3, 0.4) is 0 Å². The van der Waals surface area contributed by atoms with E-state index in [4.69, 9.17) is 18.5 Å². The zero-order valence-corrected chi connectivity index (χ0v) is 27.3. The van der Waals surface area contributed by atoms with Gasteiger partial charge in [-0.25, -0.2) is 4.57 Å². The quantitative estimate of drug-likeness (QED) is 0.0399. The van der Waals surface area contributed by atoms with Crippen molar-refractivity contribution in [1.82, 2.24) is 0 Å². The van der Waals surface area contributed by atoms with Crippen LogP contribution in [0.5, 0.6) is 0 Å². The summed E-state index contributed by atoms with van der Waals surface area (Å²) in [5.74, 6) is 0. The number of unbranched alkanes of at least 4 members (excludes halogenated alkanes) is 16. The van der Waals surface area contributed by atoms with Gasteiger partial charge in [0.05, 0.1) is 34.4 Å². The Kier molecular flexibility index (Phi) is 26.4. The number of methoxy groups -OCH3 is 1. The first-order valence-electron chi connectivity index (χ1n) is 15.9. The Hall–Kier alpha value is -0.270. The van der Waals surface area contributed by atoms with Gasteiger partial charge >= 0.3 is 7.82 Å². The lowest BCUT2D eigenvalue weighted by atomic mass is 10.1. The van der Waals surface area contributed by atoms with Gasteiger partial charge in [0.2, 0.25) is 0 Å². The maximum Gasteiger partial charge on any atom is 0.472 e. The number of rotatable bonds is 30. The maximum atomic E-state index is 12.0. The minimum absolute atomic E-state index is 0.0375. The SMILES string of the molecule is CCCCCCCCCC=CCCCCCCCCCCCOC[C@H](COP(=O)(O)OCC[N+](C)(C)C)OC. The smallest absolute Gasteiger partial charge is 0.379 e. The van der Waals surface area contributed by atoms with E-state index in [1.54, 1.807) is 7.11 Å². The molecule has 7 nitrogen and oxygen atoms in total. The molecule has 0 saturated carbocycles. The van der Waals surface area contributed by atoms with E-state index in [0.29, 0.717) is 24.2 Å². The molecule has 0 aromatic heterocycles. The molecule has 0 aromatic rings. The monoisotopic (exact) mass is 578 g/mol. The third kappa shape index (κ3) is 30.5. The van der Waals surface area contributed by atoms with Gasteiger partial charge in [0, 0.05) is 13.7 Å². The Morgan fingerprint density at radius 1 is 0.692 bits per heavy atom. The molecule has 2 atom stereocenters. The van der Waals surface area contributed by atoms with Crippen LogP contribution in [0.2, 0.25) is 0 Å². The summed E-state index contributed by atoms with van der Waals surface area (Å²) in [5.41, 5.74) is 0. The summed E-state index contributed by atoms with van der Waals surface area (Å²) < 4.78 is 33.7. The number of ether oxygens (including phenoxy) is 2. The fraction of sp³-hybridized carbons (Fsp3) is 0.935. The highest BCUT2D eigenvalue weighted by Gasteiger charge is 2.24. The van der Waals surface area contributed by atoms with Gasteiger partial charge in [-0.2, -0.15) is 0 Å². The first-order chi connectivity index (χ1) is 18.7. The van der Waals surface area contributed by atoms with E-state index < -0.39 is 13.9 Å². The minimum atomic E-state index is -4.08. The van der Waals surface area contributed by atoms with E-state index >= 15 is 0 Å². The van der Waals surface area contributed by atoms with Crippen molar-refractivity contribution in [3.8, 4) is 0 Å². The van der Waals surface area contributed by atoms with Crippen molar-refractivity contribution in [3.05, 3.63) is 12.2 Å². The molecule has 0 fully saturated rings. The molecule has 1 unspecified atom stereocenters. The second-order valence-electron chi connectivity index (χ2n) is 11.9. The van der Waals surface area contributed by atoms with Gasteiger partial charge in [-0.15, -0.1) is 0 Å². The molecule has 0 aliphatic carbocycles. The van der Waals surface area contributed by atoms with Crippen molar-refractivity contribution in [2.45, 2.75) is 129 Å². The van der Waals surface area contributed by atoms with Gasteiger partial charge in [-0.05, 0) is 32.1 Å². The van der Waals surface area contributed by atoms with Crippen molar-refractivity contribution < 1.29 is 32.5 Å². The molecule has 0 bridgehead atoms. The lowest BCUT2D eigenvalue weighted by molar-refractivity contribution is -0.870. The Balaban J connectivity index is 3.46. The van der Waals surface area contributed by atoms with E-state index in [2.05, 4.69) is 19.1 Å². The van der Waals surface area contributed by atoms with Crippen molar-refractivity contribution >= 4 is 7.82 Å². The molecule has 8 heteroatoms. The molecule has 0 amide bonds. The molecule has 0 aliphatic rings. The van der Waals surface area contributed by atoms with Gasteiger partial charge < -0.3 is 18.9 Å². The Labute approximate surface area is 242 Å². The fourth-order valence-corrected chi connectivity index (χ4v) is 4.94. The van der Waals surface area contributed by atoms with Gasteiger partial charge in [0.1, 0.15) is 19.3 Å².